The first-order chi connectivity index (χ1) is 14.3. The van der Waals surface area contributed by atoms with E-state index in [9.17, 15) is 18.0 Å². The van der Waals surface area contributed by atoms with Crippen LogP contribution in [0, 0.1) is 0 Å². The highest BCUT2D eigenvalue weighted by Crippen LogP contribution is 2.31. The van der Waals surface area contributed by atoms with Crippen LogP contribution in [0.25, 0.3) is 0 Å². The van der Waals surface area contributed by atoms with Crippen LogP contribution in [0.3, 0.4) is 0 Å². The number of nitrogens with zero attached hydrogens (tertiary/aromatic N) is 3. The number of nitrogens with one attached hydrogen (secondary N) is 1. The molecule has 3 rings (SSSR count). The summed E-state index contributed by atoms with van der Waals surface area (Å²) in [6, 6.07) is 12.2. The number of carbonyl (C=O) groups excluding carboxylic acids is 1. The zero-order chi connectivity index (χ0) is 21.7. The van der Waals surface area contributed by atoms with Crippen molar-refractivity contribution >= 4 is 29.3 Å². The van der Waals surface area contributed by atoms with E-state index in [0.29, 0.717) is 28.2 Å². The minimum Gasteiger partial charge on any atom is -0.352 e. The third-order valence-corrected chi connectivity index (χ3v) is 5.62. The maximum Gasteiger partial charge on any atom is 0.417 e. The van der Waals surface area contributed by atoms with E-state index in [2.05, 4.69) is 15.5 Å². The van der Waals surface area contributed by atoms with Crippen molar-refractivity contribution in [3.8, 4) is 0 Å². The molecule has 1 N–H and O–H groups in total. The maximum absolute atomic E-state index is 13.1. The monoisotopic (exact) mass is 454 g/mol. The highest BCUT2D eigenvalue weighted by atomic mass is 35.5. The fourth-order valence-corrected chi connectivity index (χ4v) is 3.86. The van der Waals surface area contributed by atoms with Gasteiger partial charge in [0.2, 0.25) is 0 Å². The molecule has 0 aliphatic heterocycles. The van der Waals surface area contributed by atoms with Crippen molar-refractivity contribution in [3.05, 3.63) is 76.1 Å². The largest absolute Gasteiger partial charge is 0.417 e. The van der Waals surface area contributed by atoms with E-state index in [0.717, 1.165) is 17.7 Å². The Bertz CT molecular complexity index is 1040. The van der Waals surface area contributed by atoms with E-state index >= 15 is 0 Å². The van der Waals surface area contributed by atoms with Gasteiger partial charge in [-0.25, -0.2) is 0 Å². The second kappa shape index (κ2) is 9.53. The quantitative estimate of drug-likeness (QED) is 0.523. The molecular formula is C20H18ClF3N4OS. The van der Waals surface area contributed by atoms with Gasteiger partial charge in [-0.2, -0.15) is 13.2 Å². The van der Waals surface area contributed by atoms with Crippen molar-refractivity contribution in [1.82, 2.24) is 20.1 Å². The Balaban J connectivity index is 1.57. The maximum atomic E-state index is 13.1. The van der Waals surface area contributed by atoms with Crippen LogP contribution in [0.5, 0.6) is 0 Å². The van der Waals surface area contributed by atoms with Gasteiger partial charge in [0.05, 0.1) is 11.1 Å². The number of halogens is 4. The van der Waals surface area contributed by atoms with Gasteiger partial charge >= 0.3 is 6.18 Å². The molecule has 0 radical (unpaired) electrons. The Kier molecular flexibility index (Phi) is 7.04. The molecule has 0 fully saturated rings. The van der Waals surface area contributed by atoms with Crippen molar-refractivity contribution in [1.29, 1.82) is 0 Å². The average molecular weight is 455 g/mol. The molecule has 0 saturated heterocycles. The molecule has 0 bridgehead atoms. The standard InChI is InChI=1S/C20H18ClF3N4OS/c1-28-17(26-27-19(28)30-12-13-5-4-6-14(21)11-13)9-10-25-18(29)15-7-2-3-8-16(15)20(22,23)24/h2-8,11H,9-10,12H2,1H3,(H,25,29). The highest BCUT2D eigenvalue weighted by Gasteiger charge is 2.34. The van der Waals surface area contributed by atoms with Crippen molar-refractivity contribution < 1.29 is 18.0 Å². The lowest BCUT2D eigenvalue weighted by atomic mass is 10.1. The van der Waals surface area contributed by atoms with E-state index in [1.54, 1.807) is 17.7 Å². The van der Waals surface area contributed by atoms with Crippen LogP contribution in [0.1, 0.15) is 27.3 Å². The van der Waals surface area contributed by atoms with E-state index in [4.69, 9.17) is 11.6 Å². The summed E-state index contributed by atoms with van der Waals surface area (Å²) in [6.45, 7) is 0.135. The number of hydrogen-bond donors (Lipinski definition) is 1. The van der Waals surface area contributed by atoms with Crippen molar-refractivity contribution in [2.45, 2.75) is 23.5 Å². The molecule has 1 heterocycles. The number of thioether (sulfide) groups is 1. The Morgan fingerprint density at radius 2 is 1.93 bits per heavy atom. The SMILES string of the molecule is Cn1c(CCNC(=O)c2ccccc2C(F)(F)F)nnc1SCc1cccc(Cl)c1. The molecule has 0 unspecified atom stereocenters. The molecule has 3 aromatic rings. The minimum atomic E-state index is -4.59. The number of hydrogen-bond acceptors (Lipinski definition) is 4. The average Bonchev–Trinajstić information content (AvgIpc) is 3.05. The number of alkyl halides is 3. The summed E-state index contributed by atoms with van der Waals surface area (Å²) in [5.74, 6) is 0.506. The molecule has 0 atom stereocenters. The van der Waals surface area contributed by atoms with E-state index in [1.807, 2.05) is 18.2 Å². The van der Waals surface area contributed by atoms with Gasteiger partial charge in [0.25, 0.3) is 5.91 Å². The van der Waals surface area contributed by atoms with Crippen LogP contribution in [0.2, 0.25) is 5.02 Å². The lowest BCUT2D eigenvalue weighted by Gasteiger charge is -2.12. The Labute approximate surface area is 180 Å². The summed E-state index contributed by atoms with van der Waals surface area (Å²) in [5.41, 5.74) is -0.311. The number of carbonyl (C=O) groups is 1. The van der Waals surface area contributed by atoms with Gasteiger partial charge in [0.15, 0.2) is 5.16 Å². The van der Waals surface area contributed by atoms with Crippen molar-refractivity contribution in [2.75, 3.05) is 6.54 Å². The fraction of sp³-hybridized carbons (Fsp3) is 0.250. The van der Waals surface area contributed by atoms with Gasteiger partial charge in [-0.05, 0) is 29.8 Å². The summed E-state index contributed by atoms with van der Waals surface area (Å²) < 4.78 is 41.0. The molecule has 0 spiro atoms. The van der Waals surface area contributed by atoms with Gasteiger partial charge in [0, 0.05) is 30.8 Å². The van der Waals surface area contributed by atoms with Crippen LogP contribution >= 0.6 is 23.4 Å². The van der Waals surface area contributed by atoms with Crippen LogP contribution < -0.4 is 5.32 Å². The molecule has 1 aromatic heterocycles. The van der Waals surface area contributed by atoms with Gasteiger partial charge in [-0.3, -0.25) is 4.79 Å². The van der Waals surface area contributed by atoms with Crippen LogP contribution in [0.15, 0.2) is 53.7 Å². The molecular weight excluding hydrogens is 437 g/mol. The lowest BCUT2D eigenvalue weighted by Crippen LogP contribution is -2.28. The third-order valence-electron chi connectivity index (χ3n) is 4.29. The lowest BCUT2D eigenvalue weighted by molar-refractivity contribution is -0.137. The van der Waals surface area contributed by atoms with E-state index in [-0.39, 0.29) is 6.54 Å². The zero-order valence-electron chi connectivity index (χ0n) is 15.9. The fourth-order valence-electron chi connectivity index (χ4n) is 2.77. The minimum absolute atomic E-state index is 0.135. The molecule has 0 aliphatic carbocycles. The molecule has 2 aromatic carbocycles. The predicted octanol–water partition coefficient (Wildman–Crippen LogP) is 4.75. The van der Waals surface area contributed by atoms with Crippen LogP contribution in [0.4, 0.5) is 13.2 Å². The Hall–Kier alpha value is -2.52. The molecule has 0 aliphatic rings. The van der Waals surface area contributed by atoms with Gasteiger partial charge in [-0.1, -0.05) is 47.6 Å². The molecule has 30 heavy (non-hydrogen) atoms. The van der Waals surface area contributed by atoms with E-state index < -0.39 is 23.2 Å². The van der Waals surface area contributed by atoms with Gasteiger partial charge < -0.3 is 9.88 Å². The molecule has 1 amide bonds. The first-order valence-electron chi connectivity index (χ1n) is 8.95. The molecule has 0 saturated carbocycles. The second-order valence-electron chi connectivity index (χ2n) is 6.43. The number of rotatable bonds is 7. The zero-order valence-corrected chi connectivity index (χ0v) is 17.5. The number of benzene rings is 2. The highest BCUT2D eigenvalue weighted by molar-refractivity contribution is 7.98. The Morgan fingerprint density at radius 1 is 1.17 bits per heavy atom. The summed E-state index contributed by atoms with van der Waals surface area (Å²) >= 11 is 7.47. The molecule has 158 valence electrons. The third kappa shape index (κ3) is 5.54. The smallest absolute Gasteiger partial charge is 0.352 e. The topological polar surface area (TPSA) is 59.8 Å². The molecule has 10 heteroatoms. The normalized spacial score (nSPS) is 11.5. The van der Waals surface area contributed by atoms with Gasteiger partial charge in [0.1, 0.15) is 5.82 Å². The summed E-state index contributed by atoms with van der Waals surface area (Å²) in [4.78, 5) is 12.2. The number of aromatic nitrogens is 3. The predicted molar refractivity (Wildman–Crippen MR) is 109 cm³/mol. The van der Waals surface area contributed by atoms with Crippen LogP contribution in [-0.4, -0.2) is 27.2 Å². The second-order valence-corrected chi connectivity index (χ2v) is 7.80. The van der Waals surface area contributed by atoms with E-state index in [1.165, 1.54) is 23.9 Å². The summed E-state index contributed by atoms with van der Waals surface area (Å²) in [6.07, 6.45) is -4.26. The summed E-state index contributed by atoms with van der Waals surface area (Å²) in [7, 11) is 1.80. The van der Waals surface area contributed by atoms with Crippen molar-refractivity contribution in [2.24, 2.45) is 7.05 Å². The summed E-state index contributed by atoms with van der Waals surface area (Å²) in [5, 5.41) is 12.1. The van der Waals surface area contributed by atoms with Crippen molar-refractivity contribution in [3.63, 3.8) is 0 Å². The first kappa shape index (κ1) is 22.2. The Morgan fingerprint density at radius 3 is 2.67 bits per heavy atom. The number of amides is 1. The van der Waals surface area contributed by atoms with Gasteiger partial charge in [-0.15, -0.1) is 10.2 Å². The molecule has 5 nitrogen and oxygen atoms in total. The first-order valence-corrected chi connectivity index (χ1v) is 10.3. The van der Waals surface area contributed by atoms with Crippen LogP contribution in [-0.2, 0) is 25.4 Å².